The van der Waals surface area contributed by atoms with Crippen molar-refractivity contribution in [2.45, 2.75) is 18.6 Å². The van der Waals surface area contributed by atoms with E-state index in [0.29, 0.717) is 5.25 Å². The van der Waals surface area contributed by atoms with Gasteiger partial charge in [-0.1, -0.05) is 42.0 Å². The van der Waals surface area contributed by atoms with Crippen LogP contribution in [0.4, 0.5) is 5.69 Å². The Labute approximate surface area is 124 Å². The van der Waals surface area contributed by atoms with Gasteiger partial charge in [0.05, 0.1) is 0 Å². The molecule has 0 aromatic heterocycles. The van der Waals surface area contributed by atoms with Crippen molar-refractivity contribution in [1.29, 1.82) is 0 Å². The number of thioether (sulfide) groups is 1. The van der Waals surface area contributed by atoms with Crippen LogP contribution in [0.2, 0.25) is 0 Å². The summed E-state index contributed by atoms with van der Waals surface area (Å²) < 4.78 is 0. The molecule has 104 valence electrons. The van der Waals surface area contributed by atoms with Gasteiger partial charge in [-0.05, 0) is 25.5 Å². The van der Waals surface area contributed by atoms with Crippen LogP contribution in [0, 0.1) is 0 Å². The molecule has 0 saturated carbocycles. The zero-order valence-electron chi connectivity index (χ0n) is 11.8. The summed E-state index contributed by atoms with van der Waals surface area (Å²) in [7, 11) is 1.90. The van der Waals surface area contributed by atoms with Gasteiger partial charge < -0.3 is 5.32 Å². The van der Waals surface area contributed by atoms with Crippen molar-refractivity contribution in [2.75, 3.05) is 12.4 Å². The average molecular weight is 285 g/mol. The Morgan fingerprint density at radius 1 is 1.40 bits per heavy atom. The van der Waals surface area contributed by atoms with E-state index in [1.165, 1.54) is 5.57 Å². The maximum Gasteiger partial charge on any atom is 0.143 e. The maximum atomic E-state index is 10.9. The van der Waals surface area contributed by atoms with E-state index in [9.17, 15) is 4.79 Å². The second-order valence-corrected chi connectivity index (χ2v) is 5.94. The zero-order valence-corrected chi connectivity index (χ0v) is 12.6. The molecule has 2 rings (SSSR count). The number of aldehydes is 1. The summed E-state index contributed by atoms with van der Waals surface area (Å²) in [6, 6.07) is 8.05. The summed E-state index contributed by atoms with van der Waals surface area (Å²) in [5.41, 5.74) is 3.42. The van der Waals surface area contributed by atoms with Crippen molar-refractivity contribution in [3.63, 3.8) is 0 Å². The van der Waals surface area contributed by atoms with Crippen LogP contribution in [0.3, 0.4) is 0 Å². The first kappa shape index (κ1) is 14.7. The van der Waals surface area contributed by atoms with Crippen LogP contribution >= 0.6 is 11.8 Å². The number of para-hydroxylation sites is 1. The van der Waals surface area contributed by atoms with E-state index in [4.69, 9.17) is 0 Å². The van der Waals surface area contributed by atoms with Crippen LogP contribution < -0.4 is 5.32 Å². The Hall–Kier alpha value is -1.74. The van der Waals surface area contributed by atoms with Crippen molar-refractivity contribution in [3.8, 4) is 0 Å². The molecule has 3 heteroatoms. The predicted molar refractivity (Wildman–Crippen MR) is 88.9 cm³/mol. The summed E-state index contributed by atoms with van der Waals surface area (Å²) in [4.78, 5) is 11.9. The molecule has 0 amide bonds. The molecule has 1 aliphatic rings. The number of carbonyl (C=O) groups excluding carboxylic acids is 1. The molecule has 1 aromatic rings. The third-order valence-corrected chi connectivity index (χ3v) is 4.47. The van der Waals surface area contributed by atoms with Gasteiger partial charge in [-0.2, -0.15) is 0 Å². The Bertz CT molecular complexity index is 572. The summed E-state index contributed by atoms with van der Waals surface area (Å²) in [6.45, 7) is 2.11. The van der Waals surface area contributed by atoms with Gasteiger partial charge in [0.25, 0.3) is 0 Å². The topological polar surface area (TPSA) is 29.1 Å². The van der Waals surface area contributed by atoms with Gasteiger partial charge in [0, 0.05) is 28.5 Å². The van der Waals surface area contributed by atoms with Crippen molar-refractivity contribution >= 4 is 28.6 Å². The number of rotatable bonds is 5. The van der Waals surface area contributed by atoms with E-state index in [0.717, 1.165) is 28.9 Å². The molecule has 1 aliphatic carbocycles. The first-order valence-electron chi connectivity index (χ1n) is 6.69. The van der Waals surface area contributed by atoms with Gasteiger partial charge in [0.1, 0.15) is 6.29 Å². The normalized spacial score (nSPS) is 18.6. The molecule has 0 heterocycles. The van der Waals surface area contributed by atoms with Crippen molar-refractivity contribution in [2.24, 2.45) is 0 Å². The molecule has 0 aliphatic heterocycles. The van der Waals surface area contributed by atoms with E-state index in [2.05, 4.69) is 30.5 Å². The third kappa shape index (κ3) is 3.64. The molecule has 1 unspecified atom stereocenters. The maximum absolute atomic E-state index is 10.9. The summed E-state index contributed by atoms with van der Waals surface area (Å²) in [6.07, 6.45) is 10.1. The highest BCUT2D eigenvalue weighted by Gasteiger charge is 2.14. The zero-order chi connectivity index (χ0) is 14.4. The number of nitrogens with one attached hydrogen (secondary N) is 1. The van der Waals surface area contributed by atoms with Crippen molar-refractivity contribution in [1.82, 2.24) is 0 Å². The van der Waals surface area contributed by atoms with Crippen LogP contribution in [0.15, 0.2) is 54.1 Å². The Morgan fingerprint density at radius 2 is 2.20 bits per heavy atom. The molecule has 0 fully saturated rings. The minimum atomic E-state index is 0.384. The van der Waals surface area contributed by atoms with Crippen LogP contribution in [0.25, 0.3) is 4.91 Å². The summed E-state index contributed by atoms with van der Waals surface area (Å²) in [5, 5.41) is 3.56. The molecular formula is C17H19NOS. The molecule has 1 N–H and O–H groups in total. The third-order valence-electron chi connectivity index (χ3n) is 3.21. The quantitative estimate of drug-likeness (QED) is 0.647. The largest absolute Gasteiger partial charge is 0.388 e. The highest BCUT2D eigenvalue weighted by atomic mass is 32.2. The number of benzene rings is 1. The van der Waals surface area contributed by atoms with Gasteiger partial charge in [0.15, 0.2) is 0 Å². The summed E-state index contributed by atoms with van der Waals surface area (Å²) in [5.74, 6) is 0. The highest BCUT2D eigenvalue weighted by Crippen LogP contribution is 2.37. The van der Waals surface area contributed by atoms with Gasteiger partial charge >= 0.3 is 0 Å². The minimum absolute atomic E-state index is 0.384. The lowest BCUT2D eigenvalue weighted by Gasteiger charge is -2.18. The fraction of sp³-hybridized carbons (Fsp3) is 0.235. The van der Waals surface area contributed by atoms with E-state index in [-0.39, 0.29) is 0 Å². The molecule has 0 radical (unpaired) electrons. The number of hydrogen-bond acceptors (Lipinski definition) is 3. The SMILES string of the molecule is CNc1ccccc1/C(=C\C=O)SC1C=CC(C)=CC1. The van der Waals surface area contributed by atoms with Gasteiger partial charge in [-0.25, -0.2) is 0 Å². The average Bonchev–Trinajstić information content (AvgIpc) is 2.49. The van der Waals surface area contributed by atoms with E-state index < -0.39 is 0 Å². The van der Waals surface area contributed by atoms with Crippen LogP contribution in [0.5, 0.6) is 0 Å². The lowest BCUT2D eigenvalue weighted by Crippen LogP contribution is -2.02. The fourth-order valence-corrected chi connectivity index (χ4v) is 3.24. The Morgan fingerprint density at radius 3 is 2.85 bits per heavy atom. The predicted octanol–water partition coefficient (Wildman–Crippen LogP) is 4.28. The monoisotopic (exact) mass is 285 g/mol. The van der Waals surface area contributed by atoms with Gasteiger partial charge in [-0.3, -0.25) is 4.79 Å². The van der Waals surface area contributed by atoms with E-state index in [1.807, 2.05) is 31.3 Å². The van der Waals surface area contributed by atoms with Crippen LogP contribution in [0.1, 0.15) is 18.9 Å². The standard InChI is InChI=1S/C17H19NOS/c1-13-7-9-14(10-8-13)20-17(11-12-19)15-5-3-4-6-16(15)18-2/h3-9,11-12,14,18H,10H2,1-2H3/b17-11+. The minimum Gasteiger partial charge on any atom is -0.388 e. The van der Waals surface area contributed by atoms with Crippen LogP contribution in [-0.4, -0.2) is 18.6 Å². The lowest BCUT2D eigenvalue weighted by atomic mass is 10.1. The number of allylic oxidation sites excluding steroid dienone is 4. The fourth-order valence-electron chi connectivity index (χ4n) is 2.13. The summed E-state index contributed by atoms with van der Waals surface area (Å²) >= 11 is 1.73. The van der Waals surface area contributed by atoms with Crippen LogP contribution in [-0.2, 0) is 4.79 Å². The Kier molecular flexibility index (Phi) is 5.24. The first-order valence-corrected chi connectivity index (χ1v) is 7.57. The number of anilines is 1. The highest BCUT2D eigenvalue weighted by molar-refractivity contribution is 8.09. The van der Waals surface area contributed by atoms with Gasteiger partial charge in [-0.15, -0.1) is 11.8 Å². The molecule has 0 saturated heterocycles. The second kappa shape index (κ2) is 7.15. The first-order chi connectivity index (χ1) is 9.74. The molecular weight excluding hydrogens is 266 g/mol. The number of hydrogen-bond donors (Lipinski definition) is 1. The molecule has 2 nitrogen and oxygen atoms in total. The molecule has 1 atom stereocenters. The molecule has 0 spiro atoms. The lowest BCUT2D eigenvalue weighted by molar-refractivity contribution is -0.104. The smallest absolute Gasteiger partial charge is 0.143 e. The van der Waals surface area contributed by atoms with E-state index in [1.54, 1.807) is 17.8 Å². The molecule has 0 bridgehead atoms. The van der Waals surface area contributed by atoms with Crippen molar-refractivity contribution < 1.29 is 4.79 Å². The Balaban J connectivity index is 2.22. The van der Waals surface area contributed by atoms with Gasteiger partial charge in [0.2, 0.25) is 0 Å². The molecule has 1 aromatic carbocycles. The second-order valence-electron chi connectivity index (χ2n) is 4.66. The molecule has 20 heavy (non-hydrogen) atoms. The number of carbonyl (C=O) groups is 1. The van der Waals surface area contributed by atoms with Crippen molar-refractivity contribution in [3.05, 3.63) is 59.7 Å². The van der Waals surface area contributed by atoms with E-state index >= 15 is 0 Å².